The second-order valence-corrected chi connectivity index (χ2v) is 3.51. The van der Waals surface area contributed by atoms with Crippen molar-refractivity contribution in [1.82, 2.24) is 9.78 Å². The van der Waals surface area contributed by atoms with E-state index in [1.165, 1.54) is 0 Å². The molecule has 0 saturated heterocycles. The maximum atomic E-state index is 5.48. The van der Waals surface area contributed by atoms with Gasteiger partial charge in [-0.15, -0.1) is 0 Å². The smallest absolute Gasteiger partial charge is 0.0774 e. The van der Waals surface area contributed by atoms with Crippen LogP contribution in [0.3, 0.4) is 0 Å². The molecule has 1 unspecified atom stereocenters. The second-order valence-electron chi connectivity index (χ2n) is 3.04. The van der Waals surface area contributed by atoms with E-state index < -0.39 is 0 Å². The van der Waals surface area contributed by atoms with Gasteiger partial charge in [-0.2, -0.15) is 5.10 Å². The Morgan fingerprint density at radius 2 is 2.50 bits per heavy atom. The molecule has 1 aromatic heterocycles. The van der Waals surface area contributed by atoms with Crippen molar-refractivity contribution in [2.24, 2.45) is 11.7 Å². The van der Waals surface area contributed by atoms with E-state index in [0.717, 1.165) is 12.1 Å². The predicted molar refractivity (Wildman–Crippen MR) is 52.9 cm³/mol. The Hall–Kier alpha value is -0.900. The third kappa shape index (κ3) is 2.30. The van der Waals surface area contributed by atoms with Crippen LogP contribution in [0.2, 0.25) is 0 Å². The van der Waals surface area contributed by atoms with Gasteiger partial charge in [-0.3, -0.25) is 4.68 Å². The number of rotatable bonds is 3. The van der Waals surface area contributed by atoms with Crippen molar-refractivity contribution in [2.75, 3.05) is 0 Å². The number of hydrogen-bond acceptors (Lipinski definition) is 2. The highest BCUT2D eigenvalue weighted by Gasteiger charge is 2.05. The topological polar surface area (TPSA) is 43.8 Å². The minimum absolute atomic E-state index is 0.208. The van der Waals surface area contributed by atoms with Crippen molar-refractivity contribution in [2.45, 2.75) is 20.4 Å². The zero-order valence-corrected chi connectivity index (χ0v) is 8.14. The molecule has 1 rings (SSSR count). The van der Waals surface area contributed by atoms with E-state index in [1.54, 1.807) is 0 Å². The van der Waals surface area contributed by atoms with Crippen LogP contribution in [0.15, 0.2) is 12.4 Å². The number of aryl methyl sites for hydroxylation is 1. The average Bonchev–Trinajstić information content (AvgIpc) is 2.35. The summed E-state index contributed by atoms with van der Waals surface area (Å²) in [7, 11) is 0. The van der Waals surface area contributed by atoms with Crippen LogP contribution in [0.25, 0.3) is 0 Å². The number of thiocarbonyl (C=S) groups is 1. The molecule has 4 heteroatoms. The van der Waals surface area contributed by atoms with E-state index in [9.17, 15) is 0 Å². The number of nitrogens with two attached hydrogens (primary N) is 1. The lowest BCUT2D eigenvalue weighted by molar-refractivity contribution is 0.542. The zero-order valence-electron chi connectivity index (χ0n) is 7.32. The van der Waals surface area contributed by atoms with Gasteiger partial charge in [0.25, 0.3) is 0 Å². The van der Waals surface area contributed by atoms with Gasteiger partial charge in [0.05, 0.1) is 11.2 Å². The summed E-state index contributed by atoms with van der Waals surface area (Å²) in [6.45, 7) is 4.78. The van der Waals surface area contributed by atoms with Crippen LogP contribution >= 0.6 is 12.2 Å². The molecule has 0 aliphatic carbocycles. The molecule has 0 spiro atoms. The van der Waals surface area contributed by atoms with E-state index in [0.29, 0.717) is 4.99 Å². The van der Waals surface area contributed by atoms with Crippen LogP contribution in [0.5, 0.6) is 0 Å². The first-order valence-corrected chi connectivity index (χ1v) is 4.29. The van der Waals surface area contributed by atoms with Crippen molar-refractivity contribution in [3.05, 3.63) is 18.0 Å². The second kappa shape index (κ2) is 3.67. The number of hydrogen-bond donors (Lipinski definition) is 1. The van der Waals surface area contributed by atoms with Crippen molar-refractivity contribution in [3.8, 4) is 0 Å². The van der Waals surface area contributed by atoms with Gasteiger partial charge in [0.1, 0.15) is 0 Å². The standard InChI is InChI=1S/C8H13N3S/c1-6-3-10-11(4-6)5-7(2)8(9)12/h3-4,7H,5H2,1-2H3,(H2,9,12). The molecule has 2 N–H and O–H groups in total. The van der Waals surface area contributed by atoms with Crippen LogP contribution < -0.4 is 5.73 Å². The Morgan fingerprint density at radius 3 is 2.92 bits per heavy atom. The third-order valence-electron chi connectivity index (χ3n) is 1.71. The summed E-state index contributed by atoms with van der Waals surface area (Å²) in [5, 5.41) is 4.14. The molecule has 0 aliphatic rings. The van der Waals surface area contributed by atoms with Gasteiger partial charge in [0.15, 0.2) is 0 Å². The molecular formula is C8H13N3S. The molecule has 1 atom stereocenters. The van der Waals surface area contributed by atoms with Gasteiger partial charge < -0.3 is 5.73 Å². The van der Waals surface area contributed by atoms with Gasteiger partial charge in [0, 0.05) is 18.7 Å². The molecule has 0 fully saturated rings. The minimum Gasteiger partial charge on any atom is -0.393 e. The summed E-state index contributed by atoms with van der Waals surface area (Å²) in [5.41, 5.74) is 6.64. The van der Waals surface area contributed by atoms with Crippen molar-refractivity contribution in [1.29, 1.82) is 0 Å². The summed E-state index contributed by atoms with van der Waals surface area (Å²) >= 11 is 4.86. The summed E-state index contributed by atoms with van der Waals surface area (Å²) in [6, 6.07) is 0. The number of aromatic nitrogens is 2. The Morgan fingerprint density at radius 1 is 1.83 bits per heavy atom. The monoisotopic (exact) mass is 183 g/mol. The normalized spacial score (nSPS) is 12.8. The van der Waals surface area contributed by atoms with Crippen molar-refractivity contribution in [3.63, 3.8) is 0 Å². The molecule has 1 aromatic rings. The van der Waals surface area contributed by atoms with E-state index in [4.69, 9.17) is 18.0 Å². The maximum Gasteiger partial charge on any atom is 0.0774 e. The highest BCUT2D eigenvalue weighted by atomic mass is 32.1. The first kappa shape index (κ1) is 9.19. The van der Waals surface area contributed by atoms with Crippen LogP contribution in [0.4, 0.5) is 0 Å². The Labute approximate surface area is 77.6 Å². The van der Waals surface area contributed by atoms with Gasteiger partial charge in [-0.05, 0) is 12.5 Å². The quantitative estimate of drug-likeness (QED) is 0.714. The molecule has 0 amide bonds. The largest absolute Gasteiger partial charge is 0.393 e. The lowest BCUT2D eigenvalue weighted by Gasteiger charge is -2.08. The van der Waals surface area contributed by atoms with Crippen LogP contribution in [0, 0.1) is 12.8 Å². The summed E-state index contributed by atoms with van der Waals surface area (Å²) in [4.78, 5) is 0.545. The molecule has 0 aromatic carbocycles. The predicted octanol–water partition coefficient (Wildman–Crippen LogP) is 1.11. The van der Waals surface area contributed by atoms with Crippen molar-refractivity contribution < 1.29 is 0 Å². The fourth-order valence-corrected chi connectivity index (χ4v) is 1.01. The summed E-state index contributed by atoms with van der Waals surface area (Å²) in [5.74, 6) is 0.208. The Bertz CT molecular complexity index is 280. The molecule has 0 radical (unpaired) electrons. The Kier molecular flexibility index (Phi) is 2.81. The van der Waals surface area contributed by atoms with E-state index in [2.05, 4.69) is 5.10 Å². The van der Waals surface area contributed by atoms with Gasteiger partial charge in [-0.1, -0.05) is 19.1 Å². The first-order chi connectivity index (χ1) is 5.59. The highest BCUT2D eigenvalue weighted by Crippen LogP contribution is 2.01. The molecule has 0 aliphatic heterocycles. The number of nitrogens with zero attached hydrogens (tertiary/aromatic N) is 2. The van der Waals surface area contributed by atoms with Crippen LogP contribution in [-0.4, -0.2) is 14.8 Å². The fraction of sp³-hybridized carbons (Fsp3) is 0.500. The molecule has 3 nitrogen and oxygen atoms in total. The highest BCUT2D eigenvalue weighted by molar-refractivity contribution is 7.80. The summed E-state index contributed by atoms with van der Waals surface area (Å²) < 4.78 is 1.86. The molecule has 0 saturated carbocycles. The first-order valence-electron chi connectivity index (χ1n) is 3.88. The lowest BCUT2D eigenvalue weighted by Crippen LogP contribution is -2.23. The molecule has 12 heavy (non-hydrogen) atoms. The van der Waals surface area contributed by atoms with E-state index in [-0.39, 0.29) is 5.92 Å². The average molecular weight is 183 g/mol. The Balaban J connectivity index is 2.58. The van der Waals surface area contributed by atoms with E-state index in [1.807, 2.05) is 30.9 Å². The minimum atomic E-state index is 0.208. The van der Waals surface area contributed by atoms with Gasteiger partial charge in [-0.25, -0.2) is 0 Å². The zero-order chi connectivity index (χ0) is 9.14. The lowest BCUT2D eigenvalue weighted by atomic mass is 10.2. The van der Waals surface area contributed by atoms with Crippen LogP contribution in [-0.2, 0) is 6.54 Å². The molecular weight excluding hydrogens is 170 g/mol. The van der Waals surface area contributed by atoms with E-state index >= 15 is 0 Å². The SMILES string of the molecule is Cc1cnn(CC(C)C(N)=S)c1. The molecule has 66 valence electrons. The fourth-order valence-electron chi connectivity index (χ4n) is 0.937. The summed E-state index contributed by atoms with van der Waals surface area (Å²) in [6.07, 6.45) is 3.81. The van der Waals surface area contributed by atoms with Gasteiger partial charge >= 0.3 is 0 Å². The van der Waals surface area contributed by atoms with Gasteiger partial charge in [0.2, 0.25) is 0 Å². The molecule has 1 heterocycles. The maximum absolute atomic E-state index is 5.48. The third-order valence-corrected chi connectivity index (χ3v) is 2.11. The molecule has 0 bridgehead atoms. The van der Waals surface area contributed by atoms with Crippen LogP contribution in [0.1, 0.15) is 12.5 Å². The van der Waals surface area contributed by atoms with Crippen molar-refractivity contribution >= 4 is 17.2 Å².